The van der Waals surface area contributed by atoms with Gasteiger partial charge in [-0.1, -0.05) is 42.1 Å². The van der Waals surface area contributed by atoms with Gasteiger partial charge in [0, 0.05) is 24.0 Å². The molecule has 0 spiro atoms. The van der Waals surface area contributed by atoms with Crippen LogP contribution in [0, 0.1) is 5.92 Å². The van der Waals surface area contributed by atoms with Crippen molar-refractivity contribution in [3.05, 3.63) is 35.7 Å². The van der Waals surface area contributed by atoms with Crippen LogP contribution in [-0.4, -0.2) is 40.5 Å². The van der Waals surface area contributed by atoms with E-state index in [0.29, 0.717) is 18.8 Å². The number of benzene rings is 1. The number of likely N-dealkylation sites (tertiary alicyclic amines) is 1. The highest BCUT2D eigenvalue weighted by Gasteiger charge is 2.26. The first-order chi connectivity index (χ1) is 11.6. The Kier molecular flexibility index (Phi) is 5.52. The van der Waals surface area contributed by atoms with Crippen LogP contribution in [0.15, 0.2) is 40.1 Å². The molecule has 1 atom stereocenters. The molecule has 5 nitrogen and oxygen atoms in total. The minimum Gasteiger partial charge on any atom is -0.369 e. The first-order valence-electron chi connectivity index (χ1n) is 7.84. The third-order valence-electron chi connectivity index (χ3n) is 4.05. The van der Waals surface area contributed by atoms with E-state index in [-0.39, 0.29) is 17.7 Å². The van der Waals surface area contributed by atoms with Crippen molar-refractivity contribution in [1.82, 2.24) is 9.88 Å². The molecular weight excluding hydrogens is 342 g/mol. The summed E-state index contributed by atoms with van der Waals surface area (Å²) in [5.41, 5.74) is 7.37. The van der Waals surface area contributed by atoms with E-state index in [2.05, 4.69) is 4.98 Å². The fourth-order valence-corrected chi connectivity index (χ4v) is 4.45. The van der Waals surface area contributed by atoms with Crippen LogP contribution in [0.5, 0.6) is 0 Å². The summed E-state index contributed by atoms with van der Waals surface area (Å²) in [6, 6.07) is 9.98. The van der Waals surface area contributed by atoms with Crippen LogP contribution < -0.4 is 5.73 Å². The maximum atomic E-state index is 12.3. The molecule has 0 unspecified atom stereocenters. The Balaban J connectivity index is 1.55. The number of primary amides is 1. The molecule has 0 bridgehead atoms. The third kappa shape index (κ3) is 4.15. The second-order valence-corrected chi connectivity index (χ2v) is 7.82. The number of nitrogens with zero attached hydrogens (tertiary/aromatic N) is 2. The normalized spacial score (nSPS) is 17.7. The van der Waals surface area contributed by atoms with Crippen molar-refractivity contribution in [2.45, 2.75) is 17.2 Å². The van der Waals surface area contributed by atoms with E-state index < -0.39 is 0 Å². The van der Waals surface area contributed by atoms with Gasteiger partial charge in [0.25, 0.3) is 0 Å². The predicted molar refractivity (Wildman–Crippen MR) is 96.8 cm³/mol. The lowest BCUT2D eigenvalue weighted by Gasteiger charge is -2.31. The van der Waals surface area contributed by atoms with E-state index in [9.17, 15) is 9.59 Å². The number of carbonyl (C=O) groups excluding carboxylic acids is 2. The molecule has 2 aromatic rings. The second-order valence-electron chi connectivity index (χ2n) is 5.73. The molecule has 2 amide bonds. The minimum absolute atomic E-state index is 0.0439. The van der Waals surface area contributed by atoms with Crippen LogP contribution >= 0.6 is 23.1 Å². The highest BCUT2D eigenvalue weighted by atomic mass is 32.2. The Bertz CT molecular complexity index is 718. The summed E-state index contributed by atoms with van der Waals surface area (Å²) in [5, 5.41) is 2.01. The number of thiazole rings is 1. The Labute approximate surface area is 149 Å². The van der Waals surface area contributed by atoms with Gasteiger partial charge < -0.3 is 10.6 Å². The molecule has 126 valence electrons. The third-order valence-corrected chi connectivity index (χ3v) is 6.05. The topological polar surface area (TPSA) is 76.3 Å². The summed E-state index contributed by atoms with van der Waals surface area (Å²) < 4.78 is 0.880. The van der Waals surface area contributed by atoms with Crippen LogP contribution in [-0.2, 0) is 9.59 Å². The Morgan fingerprint density at radius 1 is 1.33 bits per heavy atom. The highest BCUT2D eigenvalue weighted by molar-refractivity contribution is 8.01. The number of thioether (sulfide) groups is 1. The molecule has 1 aliphatic heterocycles. The van der Waals surface area contributed by atoms with Gasteiger partial charge >= 0.3 is 0 Å². The van der Waals surface area contributed by atoms with Gasteiger partial charge in [-0.15, -0.1) is 11.3 Å². The number of nitrogens with two attached hydrogens (primary N) is 1. The van der Waals surface area contributed by atoms with Crippen molar-refractivity contribution in [1.29, 1.82) is 0 Å². The summed E-state index contributed by atoms with van der Waals surface area (Å²) in [6.07, 6.45) is 1.61. The summed E-state index contributed by atoms with van der Waals surface area (Å²) in [7, 11) is 0. The lowest BCUT2D eigenvalue weighted by Crippen LogP contribution is -2.44. The number of hydrogen-bond donors (Lipinski definition) is 1. The molecule has 0 saturated carbocycles. The summed E-state index contributed by atoms with van der Waals surface area (Å²) in [6.45, 7) is 1.15. The molecule has 1 aliphatic rings. The van der Waals surface area contributed by atoms with Crippen molar-refractivity contribution < 1.29 is 9.59 Å². The van der Waals surface area contributed by atoms with Crippen LogP contribution in [0.2, 0.25) is 0 Å². The van der Waals surface area contributed by atoms with Crippen molar-refractivity contribution in [2.75, 3.05) is 18.8 Å². The number of amides is 2. The number of carbonyl (C=O) groups is 2. The maximum Gasteiger partial charge on any atom is 0.233 e. The molecule has 1 fully saturated rings. The monoisotopic (exact) mass is 361 g/mol. The van der Waals surface area contributed by atoms with Crippen LogP contribution in [0.4, 0.5) is 0 Å². The van der Waals surface area contributed by atoms with Gasteiger partial charge in [0.15, 0.2) is 4.34 Å². The van der Waals surface area contributed by atoms with E-state index in [0.717, 1.165) is 28.4 Å². The fraction of sp³-hybridized carbons (Fsp3) is 0.353. The number of aromatic nitrogens is 1. The van der Waals surface area contributed by atoms with Crippen molar-refractivity contribution >= 4 is 34.9 Å². The zero-order chi connectivity index (χ0) is 16.9. The summed E-state index contributed by atoms with van der Waals surface area (Å²) in [5.74, 6) is -0.139. The van der Waals surface area contributed by atoms with Crippen LogP contribution in [0.1, 0.15) is 12.8 Å². The van der Waals surface area contributed by atoms with Gasteiger partial charge in [0.2, 0.25) is 11.8 Å². The highest BCUT2D eigenvalue weighted by Crippen LogP contribution is 2.28. The fourth-order valence-electron chi connectivity index (χ4n) is 2.72. The number of piperidine rings is 1. The SMILES string of the molecule is NC(=O)[C@@H]1CCCN(C(=O)CSc2nc(-c3ccccc3)cs2)C1. The van der Waals surface area contributed by atoms with Gasteiger partial charge in [-0.2, -0.15) is 0 Å². The molecule has 0 radical (unpaired) electrons. The van der Waals surface area contributed by atoms with Gasteiger partial charge in [0.05, 0.1) is 17.4 Å². The molecule has 3 rings (SSSR count). The minimum atomic E-state index is -0.312. The Morgan fingerprint density at radius 3 is 2.88 bits per heavy atom. The molecule has 2 N–H and O–H groups in total. The molecule has 1 saturated heterocycles. The Hall–Kier alpha value is -1.86. The molecule has 1 aromatic heterocycles. The molecular formula is C17H19N3O2S2. The van der Waals surface area contributed by atoms with E-state index >= 15 is 0 Å². The maximum absolute atomic E-state index is 12.3. The van der Waals surface area contributed by atoms with Gasteiger partial charge in [-0.25, -0.2) is 4.98 Å². The van der Waals surface area contributed by atoms with Crippen LogP contribution in [0.3, 0.4) is 0 Å². The summed E-state index contributed by atoms with van der Waals surface area (Å²) in [4.78, 5) is 30.0. The second kappa shape index (κ2) is 7.81. The van der Waals surface area contributed by atoms with E-state index in [4.69, 9.17) is 5.73 Å². The van der Waals surface area contributed by atoms with E-state index in [1.165, 1.54) is 11.8 Å². The quantitative estimate of drug-likeness (QED) is 0.831. The average Bonchev–Trinajstić information content (AvgIpc) is 3.09. The summed E-state index contributed by atoms with van der Waals surface area (Å²) >= 11 is 2.99. The largest absolute Gasteiger partial charge is 0.369 e. The van der Waals surface area contributed by atoms with Gasteiger partial charge in [-0.3, -0.25) is 9.59 Å². The molecule has 1 aromatic carbocycles. The van der Waals surface area contributed by atoms with Crippen molar-refractivity contribution in [3.8, 4) is 11.3 Å². The standard InChI is InChI=1S/C17H19N3O2S2/c18-16(22)13-7-4-8-20(9-13)15(21)11-24-17-19-14(10-23-17)12-5-2-1-3-6-12/h1-3,5-6,10,13H,4,7-9,11H2,(H2,18,22)/t13-/m1/s1. The molecule has 24 heavy (non-hydrogen) atoms. The average molecular weight is 361 g/mol. The smallest absolute Gasteiger partial charge is 0.233 e. The van der Waals surface area contributed by atoms with E-state index in [1.807, 2.05) is 35.7 Å². The van der Waals surface area contributed by atoms with Crippen LogP contribution in [0.25, 0.3) is 11.3 Å². The first kappa shape index (κ1) is 17.0. The molecule has 2 heterocycles. The predicted octanol–water partition coefficient (Wildman–Crippen LogP) is 2.63. The number of hydrogen-bond acceptors (Lipinski definition) is 5. The zero-order valence-corrected chi connectivity index (χ0v) is 14.8. The first-order valence-corrected chi connectivity index (χ1v) is 9.71. The lowest BCUT2D eigenvalue weighted by molar-refractivity contribution is -0.132. The van der Waals surface area contributed by atoms with Crippen molar-refractivity contribution in [2.24, 2.45) is 11.7 Å². The van der Waals surface area contributed by atoms with E-state index in [1.54, 1.807) is 16.2 Å². The molecule has 0 aliphatic carbocycles. The Morgan fingerprint density at radius 2 is 2.12 bits per heavy atom. The van der Waals surface area contributed by atoms with Crippen molar-refractivity contribution in [3.63, 3.8) is 0 Å². The van der Waals surface area contributed by atoms with Gasteiger partial charge in [-0.05, 0) is 12.8 Å². The zero-order valence-electron chi connectivity index (χ0n) is 13.2. The molecule has 7 heteroatoms. The lowest BCUT2D eigenvalue weighted by atomic mass is 9.97. The number of rotatable bonds is 5. The van der Waals surface area contributed by atoms with Gasteiger partial charge in [0.1, 0.15) is 0 Å².